The van der Waals surface area contributed by atoms with Crippen LogP contribution in [0.1, 0.15) is 163 Å². The van der Waals surface area contributed by atoms with E-state index in [-0.39, 0.29) is 111 Å². The fourth-order valence-corrected chi connectivity index (χ4v) is 16.6. The van der Waals surface area contributed by atoms with Gasteiger partial charge in [-0.2, -0.15) is 9.97 Å². The number of halogens is 3. The van der Waals surface area contributed by atoms with Gasteiger partial charge < -0.3 is 51.7 Å². The molecule has 3 atom stereocenters. The highest BCUT2D eigenvalue weighted by Crippen LogP contribution is 2.32. The normalized spacial score (nSPS) is 18.3. The van der Waals surface area contributed by atoms with Crippen molar-refractivity contribution in [2.45, 2.75) is 213 Å². The number of non-ortho nitro benzene ring substituents is 4. The fourth-order valence-electron chi connectivity index (χ4n) is 16.3. The molecule has 8 aliphatic heterocycles. The van der Waals surface area contributed by atoms with Crippen LogP contribution in [0.3, 0.4) is 0 Å². The van der Waals surface area contributed by atoms with Crippen molar-refractivity contribution < 1.29 is 64.0 Å². The van der Waals surface area contributed by atoms with Gasteiger partial charge in [0.05, 0.1) is 37.8 Å². The first-order valence-corrected chi connectivity index (χ1v) is 49.1. The predicted molar refractivity (Wildman–Crippen MR) is 550 cm³/mol. The van der Waals surface area contributed by atoms with Crippen LogP contribution in [0.5, 0.6) is 0 Å². The molecule has 8 N–H and O–H groups in total. The Kier molecular flexibility index (Phi) is 45.3. The number of ether oxygens (including phenoxy) is 4. The van der Waals surface area contributed by atoms with E-state index in [0.29, 0.717) is 73.1 Å². The summed E-state index contributed by atoms with van der Waals surface area (Å²) in [6.07, 6.45) is 15.0. The number of amides is 4. The summed E-state index contributed by atoms with van der Waals surface area (Å²) in [7, 11) is 0. The molecule has 3 aromatic heterocycles. The first kappa shape index (κ1) is 113. The number of aromatic nitrogens is 6. The summed E-state index contributed by atoms with van der Waals surface area (Å²) in [4.78, 5) is 137. The number of nitrogens with zero attached hydrogens (tertiary/aromatic N) is 17. The Morgan fingerprint density at radius 1 is 0.493 bits per heavy atom. The van der Waals surface area contributed by atoms with Crippen LogP contribution in [0.4, 0.5) is 77.0 Å². The highest BCUT2D eigenvalue weighted by atomic mass is 35.5. The Balaban J connectivity index is 0.000000208. The second-order valence-corrected chi connectivity index (χ2v) is 38.6. The molecule has 43 heteroatoms. The lowest BCUT2D eigenvalue weighted by Gasteiger charge is -2.32. The van der Waals surface area contributed by atoms with Crippen LogP contribution in [0.2, 0.25) is 5.28 Å². The number of piperidine rings is 5. The van der Waals surface area contributed by atoms with Crippen LogP contribution in [-0.4, -0.2) is 232 Å². The van der Waals surface area contributed by atoms with Gasteiger partial charge in [0.1, 0.15) is 42.9 Å². The molecule has 0 aliphatic carbocycles. The number of alkyl carbamates (subject to hydrolysis) is 1. The highest BCUT2D eigenvalue weighted by Gasteiger charge is 2.41. The van der Waals surface area contributed by atoms with Gasteiger partial charge in [0.2, 0.25) is 22.4 Å². The standard InChI is InChI=1S/C22H28N6O4.C22H30N6O2.C13H18N2O2.C12H17N3O2.C10H12ClN3O2.C10H20N2O2.C7H6ClNO2.C3H3ClO.H2/c1-15(2)19-14-32-22(29)27(19)20-7-10-23-21(25-20)24-17-8-11-26(12-9-17)13-16-3-5-18(6-4-16)28(30)31;1-15(2)19-14-30-22(29)28(19)20-7-10-24-21(26-20)25-18-8-11-27(12-9-18)13-16-3-5-17(23)6-4-16;1-11-6-8-14(9-7-11)10-12-2-4-13(5-3-12)15(16)17;13-11-5-7-14(8-6-11)9-10-1-3-12(4-2-10)15(16)17;1-6(2)7-5-16-10(15)14(7)8-3-4-12-9(11)13-8;1-10(2,3)14-9(13)12-8-4-6-11-7-5-8;8-5-6-1-3-7(4-2-6)9(10)11;1-2-3(4)5;/h3-7,10,15,17,19H,8-9,11-14H2,1-2H3,(H,23,24,25);3-7,10,15,18-19H,8-9,11-14,23H2,1-2H3,(H,24,25,26);2-5,11H,6-10H2,1H3;1-4,11H,5-9,13H2;3-4,6-7H,5H2,1-2H3;8,11H,4-7H2,1-3H3,(H,12,13);1-4H,5H2;2H,1H2;1H/t2*19-;;;7-;;;;/m11..1..../s1. The minimum Gasteiger partial charge on any atom is -0.447 e. The molecule has 0 radical (unpaired) electrons. The summed E-state index contributed by atoms with van der Waals surface area (Å²) in [5.41, 5.74) is 18.0. The average molecular weight is 2030 g/mol. The maximum atomic E-state index is 12.2. The number of anilines is 6. The Morgan fingerprint density at radius 3 is 1.10 bits per heavy atom. The zero-order valence-electron chi connectivity index (χ0n) is 82.3. The molecule has 8 saturated heterocycles. The maximum absolute atomic E-state index is 12.2. The smallest absolute Gasteiger partial charge is 0.415 e. The number of carbonyl (C=O) groups is 5. The minimum atomic E-state index is -0.509. The zero-order valence-corrected chi connectivity index (χ0v) is 84.5. The van der Waals surface area contributed by atoms with E-state index in [9.17, 15) is 64.4 Å². The molecule has 0 spiro atoms. The molecule has 11 heterocycles. The zero-order chi connectivity index (χ0) is 103. The first-order valence-electron chi connectivity index (χ1n) is 47.8. The summed E-state index contributed by atoms with van der Waals surface area (Å²) in [6.45, 7) is 38.0. The van der Waals surface area contributed by atoms with E-state index in [1.165, 1.54) is 41.6 Å². The Bertz CT molecular complexity index is 5270. The van der Waals surface area contributed by atoms with Crippen molar-refractivity contribution in [1.82, 2.24) is 60.1 Å². The van der Waals surface area contributed by atoms with E-state index in [1.54, 1.807) is 88.9 Å². The molecule has 40 nitrogen and oxygen atoms in total. The lowest BCUT2D eigenvalue weighted by atomic mass is 9.99. The van der Waals surface area contributed by atoms with Gasteiger partial charge >= 0.3 is 24.4 Å². The number of hydrogen-bond acceptors (Lipinski definition) is 32. The number of cyclic esters (lactones) is 3. The van der Waals surface area contributed by atoms with Crippen LogP contribution in [0.25, 0.3) is 0 Å². The molecule has 4 amide bonds. The van der Waals surface area contributed by atoms with Crippen molar-refractivity contribution in [2.24, 2.45) is 29.4 Å². The Labute approximate surface area is 845 Å². The average Bonchev–Trinajstić information content (AvgIpc) is 1.68. The van der Waals surface area contributed by atoms with Gasteiger partial charge in [0.15, 0.2) is 0 Å². The van der Waals surface area contributed by atoms with Gasteiger partial charge in [-0.1, -0.05) is 116 Å². The number of allylic oxidation sites excluding steroid dienone is 1. The number of nitrogens with two attached hydrogens (primary N) is 2. The molecule has 142 heavy (non-hydrogen) atoms. The van der Waals surface area contributed by atoms with Gasteiger partial charge in [0, 0.05) is 157 Å². The topological polar surface area (TPSA) is 495 Å². The third kappa shape index (κ3) is 38.0. The molecule has 8 aliphatic rings. The SMILES string of the molecule is C=CC(=O)Cl.CC(C)(C)OC(=O)NC1CCNCC1.CC(C)[C@H]1COC(=O)N1c1ccnc(Cl)n1.CC(C)[C@H]1COC(=O)N1c1ccnc(NC2CCN(Cc3ccc(N)cc3)CC2)n1.CC(C)[C@H]1COC(=O)N1c1ccnc(NC2CCN(Cc3ccc([N+](=O)[O-])cc3)CC2)n1.CC1CCN(Cc2ccc([N+](=O)[O-])cc2)CC1.NC1CCN(Cc2ccc([N+](=O)[O-])cc2)CC1.O=[N+]([O-])c1ccc(CCl)cc1.[HH]. The van der Waals surface area contributed by atoms with E-state index in [1.807, 2.05) is 83.1 Å². The van der Waals surface area contributed by atoms with Crippen LogP contribution in [-0.2, 0) is 55.8 Å². The van der Waals surface area contributed by atoms with Gasteiger partial charge in [-0.05, 0) is 235 Å². The molecule has 5 aromatic carbocycles. The number of rotatable bonds is 25. The highest BCUT2D eigenvalue weighted by molar-refractivity contribution is 6.66. The Morgan fingerprint density at radius 2 is 0.796 bits per heavy atom. The third-order valence-electron chi connectivity index (χ3n) is 24.6. The second kappa shape index (κ2) is 56.9. The largest absolute Gasteiger partial charge is 0.447 e. The quantitative estimate of drug-likeness (QED) is 0.00452. The van der Waals surface area contributed by atoms with E-state index >= 15 is 0 Å². The van der Waals surface area contributed by atoms with E-state index in [2.05, 4.69) is 124 Å². The fraction of sp³-hybridized carbons (Fsp3) is 0.505. The number of hydrogen-bond donors (Lipinski definition) is 6. The summed E-state index contributed by atoms with van der Waals surface area (Å²) >= 11 is 15.9. The number of nitrogens with one attached hydrogen (secondary N) is 4. The number of benzene rings is 5. The monoisotopic (exact) mass is 2020 g/mol. The maximum Gasteiger partial charge on any atom is 0.415 e. The van der Waals surface area contributed by atoms with Crippen LogP contribution in [0.15, 0.2) is 171 Å². The van der Waals surface area contributed by atoms with E-state index in [0.717, 1.165) is 183 Å². The molecular weight excluding hydrogens is 1890 g/mol. The molecule has 8 fully saturated rings. The molecule has 0 unspecified atom stereocenters. The third-order valence-corrected chi connectivity index (χ3v) is 25.2. The van der Waals surface area contributed by atoms with Crippen molar-refractivity contribution >= 4 is 122 Å². The summed E-state index contributed by atoms with van der Waals surface area (Å²) in [6, 6.07) is 40.9. The predicted octanol–water partition coefficient (Wildman–Crippen LogP) is 17.8. The molecular formula is C99H136Cl3N23O17. The summed E-state index contributed by atoms with van der Waals surface area (Å²) in [5.74, 6) is 4.77. The summed E-state index contributed by atoms with van der Waals surface area (Å²) < 4.78 is 20.7. The Hall–Kier alpha value is -12.5. The first-order chi connectivity index (χ1) is 67.8. The molecule has 0 saturated carbocycles. The van der Waals surface area contributed by atoms with Crippen LogP contribution < -0.4 is 47.4 Å². The van der Waals surface area contributed by atoms with Crippen molar-refractivity contribution in [3.63, 3.8) is 0 Å². The number of nitro benzene ring substituents is 4. The van der Waals surface area contributed by atoms with Crippen molar-refractivity contribution in [3.05, 3.63) is 244 Å². The van der Waals surface area contributed by atoms with Gasteiger partial charge in [-0.15, -0.1) is 11.6 Å². The number of likely N-dealkylation sites (tertiary alicyclic amines) is 4. The van der Waals surface area contributed by atoms with Gasteiger partial charge in [-0.3, -0.25) is 79.6 Å². The molecule has 16 rings (SSSR count). The van der Waals surface area contributed by atoms with E-state index < -0.39 is 15.8 Å². The number of nitrogen functional groups attached to an aromatic ring is 1. The summed E-state index contributed by atoms with van der Waals surface area (Å²) in [5, 5.41) is 54.6. The van der Waals surface area contributed by atoms with Crippen LogP contribution >= 0.6 is 34.8 Å². The van der Waals surface area contributed by atoms with E-state index in [4.69, 9.17) is 65.2 Å². The minimum absolute atomic E-state index is 0. The number of carbonyl (C=O) groups excluding carboxylic acids is 5. The number of nitro groups is 4. The molecule has 770 valence electrons. The van der Waals surface area contributed by atoms with Gasteiger partial charge in [0.25, 0.3) is 22.7 Å². The second-order valence-electron chi connectivity index (χ2n) is 37.6. The van der Waals surface area contributed by atoms with Crippen LogP contribution in [0, 0.1) is 64.1 Å². The lowest BCUT2D eigenvalue weighted by Crippen LogP contribution is -2.44. The lowest BCUT2D eigenvalue weighted by molar-refractivity contribution is -0.385. The van der Waals surface area contributed by atoms with Gasteiger partial charge in [-0.25, -0.2) is 39.1 Å². The van der Waals surface area contributed by atoms with Crippen molar-refractivity contribution in [3.8, 4) is 0 Å². The molecule has 0 bridgehead atoms. The molecule has 8 aromatic rings. The van der Waals surface area contributed by atoms with Crippen molar-refractivity contribution in [2.75, 3.05) is 116 Å². The number of alkyl halides is 1. The van der Waals surface area contributed by atoms with Crippen molar-refractivity contribution in [1.29, 1.82) is 0 Å².